The molecule has 0 spiro atoms. The van der Waals surface area contributed by atoms with Crippen LogP contribution in [-0.2, 0) is 28.8 Å². The van der Waals surface area contributed by atoms with E-state index >= 15 is 0 Å². The fraction of sp³-hybridized carbons (Fsp3) is 0.200. The first-order valence-electron chi connectivity index (χ1n) is 8.14. The number of nitrogens with zero attached hydrogens (tertiary/aromatic N) is 1. The zero-order valence-electron chi connectivity index (χ0n) is 13.7. The number of imidazole rings is 1. The maximum atomic E-state index is 11.9. The number of carbonyl (C=O) groups excluding carboxylic acids is 1. The van der Waals surface area contributed by atoms with Gasteiger partial charge in [0.05, 0.1) is 25.0 Å². The van der Waals surface area contributed by atoms with Crippen molar-refractivity contribution in [3.05, 3.63) is 88.5 Å². The third kappa shape index (κ3) is 5.47. The molecule has 0 saturated heterocycles. The molecule has 3 aromatic rings. The van der Waals surface area contributed by atoms with E-state index in [-0.39, 0.29) is 12.4 Å². The molecule has 25 heavy (non-hydrogen) atoms. The summed E-state index contributed by atoms with van der Waals surface area (Å²) in [5, 5.41) is 0.660. The van der Waals surface area contributed by atoms with E-state index in [1.165, 1.54) is 5.56 Å². The van der Waals surface area contributed by atoms with Crippen molar-refractivity contribution in [2.45, 2.75) is 19.3 Å². The number of ether oxygens (including phenoxy) is 1. The fourth-order valence-electron chi connectivity index (χ4n) is 2.52. The topological polar surface area (TPSA) is 55.0 Å². The number of aromatic nitrogens is 2. The monoisotopic (exact) mass is 354 g/mol. The number of benzene rings is 2. The van der Waals surface area contributed by atoms with Crippen molar-refractivity contribution in [3.63, 3.8) is 0 Å². The molecule has 0 unspecified atom stereocenters. The Hall–Kier alpha value is -2.59. The van der Waals surface area contributed by atoms with Crippen LogP contribution in [0, 0.1) is 0 Å². The lowest BCUT2D eigenvalue weighted by molar-refractivity contribution is -0.142. The Bertz CT molecular complexity index is 797. The van der Waals surface area contributed by atoms with Crippen LogP contribution < -0.4 is 0 Å². The molecule has 0 fully saturated rings. The van der Waals surface area contributed by atoms with Gasteiger partial charge in [-0.2, -0.15) is 0 Å². The summed E-state index contributed by atoms with van der Waals surface area (Å²) < 4.78 is 5.31. The molecule has 1 heterocycles. The summed E-state index contributed by atoms with van der Waals surface area (Å²) in [6.07, 6.45) is 5.35. The highest BCUT2D eigenvalue weighted by Crippen LogP contribution is 2.11. The van der Waals surface area contributed by atoms with E-state index in [1.54, 1.807) is 18.5 Å². The molecule has 128 valence electrons. The highest BCUT2D eigenvalue weighted by atomic mass is 35.5. The van der Waals surface area contributed by atoms with E-state index in [4.69, 9.17) is 16.3 Å². The minimum atomic E-state index is -0.225. The molecule has 0 bridgehead atoms. The Balaban J connectivity index is 1.42. The summed E-state index contributed by atoms with van der Waals surface area (Å²) in [6, 6.07) is 15.5. The number of nitrogens with one attached hydrogen (secondary N) is 1. The van der Waals surface area contributed by atoms with Crippen LogP contribution >= 0.6 is 11.6 Å². The summed E-state index contributed by atoms with van der Waals surface area (Å²) in [5.41, 5.74) is 4.27. The quantitative estimate of drug-likeness (QED) is 0.653. The number of aromatic amines is 1. The largest absolute Gasteiger partial charge is 0.465 e. The van der Waals surface area contributed by atoms with Gasteiger partial charge >= 0.3 is 5.97 Å². The average molecular weight is 355 g/mol. The van der Waals surface area contributed by atoms with Crippen LogP contribution in [0.3, 0.4) is 0 Å². The molecule has 0 amide bonds. The van der Waals surface area contributed by atoms with Gasteiger partial charge in [-0.25, -0.2) is 4.98 Å². The van der Waals surface area contributed by atoms with E-state index in [0.717, 1.165) is 23.2 Å². The second-order valence-electron chi connectivity index (χ2n) is 5.83. The lowest BCUT2D eigenvalue weighted by Crippen LogP contribution is -2.10. The number of carbonyl (C=O) groups is 1. The van der Waals surface area contributed by atoms with Crippen molar-refractivity contribution in [3.8, 4) is 0 Å². The number of H-pyrrole nitrogens is 1. The van der Waals surface area contributed by atoms with Crippen LogP contribution in [0.4, 0.5) is 0 Å². The molecule has 1 N–H and O–H groups in total. The van der Waals surface area contributed by atoms with Crippen molar-refractivity contribution in [1.29, 1.82) is 0 Å². The minimum Gasteiger partial charge on any atom is -0.465 e. The second-order valence-corrected chi connectivity index (χ2v) is 6.26. The molecule has 0 aliphatic heterocycles. The van der Waals surface area contributed by atoms with Gasteiger partial charge in [-0.05, 0) is 28.8 Å². The van der Waals surface area contributed by atoms with Crippen LogP contribution in [0.25, 0.3) is 0 Å². The number of hydrogen-bond donors (Lipinski definition) is 1. The van der Waals surface area contributed by atoms with Gasteiger partial charge in [0, 0.05) is 24.1 Å². The third-order valence-electron chi connectivity index (χ3n) is 3.88. The van der Waals surface area contributed by atoms with Gasteiger partial charge in [-0.3, -0.25) is 4.79 Å². The molecule has 1 aromatic heterocycles. The number of hydrogen-bond acceptors (Lipinski definition) is 3. The first-order chi connectivity index (χ1) is 12.2. The first kappa shape index (κ1) is 17.2. The number of halogens is 1. The molecule has 3 rings (SSSR count). The smallest absolute Gasteiger partial charge is 0.310 e. The molecule has 0 radical (unpaired) electrons. The summed E-state index contributed by atoms with van der Waals surface area (Å²) in [5.74, 6) is -0.225. The normalized spacial score (nSPS) is 10.6. The molecule has 0 atom stereocenters. The maximum absolute atomic E-state index is 11.9. The molecule has 5 heteroatoms. The van der Waals surface area contributed by atoms with Crippen molar-refractivity contribution < 1.29 is 9.53 Å². The molecule has 0 aliphatic carbocycles. The van der Waals surface area contributed by atoms with Gasteiger partial charge in [0.2, 0.25) is 0 Å². The van der Waals surface area contributed by atoms with E-state index in [9.17, 15) is 4.79 Å². The van der Waals surface area contributed by atoms with Crippen LogP contribution in [-0.4, -0.2) is 22.5 Å². The van der Waals surface area contributed by atoms with Gasteiger partial charge in [0.1, 0.15) is 0 Å². The van der Waals surface area contributed by atoms with Crippen molar-refractivity contribution in [2.75, 3.05) is 6.61 Å². The summed E-state index contributed by atoms with van der Waals surface area (Å²) in [4.78, 5) is 19.0. The zero-order chi connectivity index (χ0) is 17.5. The highest BCUT2D eigenvalue weighted by Gasteiger charge is 2.05. The lowest BCUT2D eigenvalue weighted by atomic mass is 10.1. The molecule has 0 aliphatic rings. The Kier molecular flexibility index (Phi) is 5.86. The van der Waals surface area contributed by atoms with Gasteiger partial charge in [0.25, 0.3) is 0 Å². The highest BCUT2D eigenvalue weighted by molar-refractivity contribution is 6.30. The van der Waals surface area contributed by atoms with Crippen molar-refractivity contribution in [1.82, 2.24) is 9.97 Å². The van der Waals surface area contributed by atoms with E-state index in [1.807, 2.05) is 18.3 Å². The van der Waals surface area contributed by atoms with Crippen LogP contribution in [0.2, 0.25) is 5.02 Å². The third-order valence-corrected chi connectivity index (χ3v) is 4.13. The first-order valence-corrected chi connectivity index (χ1v) is 8.52. The van der Waals surface area contributed by atoms with Crippen LogP contribution in [0.15, 0.2) is 61.1 Å². The molecule has 4 nitrogen and oxygen atoms in total. The summed E-state index contributed by atoms with van der Waals surface area (Å²) in [7, 11) is 0. The van der Waals surface area contributed by atoms with E-state index < -0.39 is 0 Å². The van der Waals surface area contributed by atoms with Gasteiger partial charge in [-0.1, -0.05) is 48.0 Å². The molecular weight excluding hydrogens is 336 g/mol. The molecule has 2 aromatic carbocycles. The Morgan fingerprint density at radius 2 is 1.68 bits per heavy atom. The summed E-state index contributed by atoms with van der Waals surface area (Å²) >= 11 is 5.83. The minimum absolute atomic E-state index is 0.225. The SMILES string of the molecule is O=C(Cc1ccc(Cl)cc1)OCCc1ccc(Cc2c[nH]cn2)cc1. The average Bonchev–Trinajstić information content (AvgIpc) is 3.12. The standard InChI is InChI=1S/C20H19ClN2O2/c21-18-7-5-17(6-8-18)12-20(24)25-10-9-15-1-3-16(4-2-15)11-19-13-22-14-23-19/h1-8,13-14H,9-12H2,(H,22,23). The van der Waals surface area contributed by atoms with Gasteiger partial charge in [-0.15, -0.1) is 0 Å². The maximum Gasteiger partial charge on any atom is 0.310 e. The van der Waals surface area contributed by atoms with E-state index in [2.05, 4.69) is 34.2 Å². The van der Waals surface area contributed by atoms with Gasteiger partial charge < -0.3 is 9.72 Å². The number of esters is 1. The lowest BCUT2D eigenvalue weighted by Gasteiger charge is -2.06. The number of rotatable bonds is 7. The van der Waals surface area contributed by atoms with Gasteiger partial charge in [0.15, 0.2) is 0 Å². The zero-order valence-corrected chi connectivity index (χ0v) is 14.5. The predicted molar refractivity (Wildman–Crippen MR) is 97.7 cm³/mol. The molecular formula is C20H19ClN2O2. The Morgan fingerprint density at radius 1 is 1.00 bits per heavy atom. The van der Waals surface area contributed by atoms with Crippen molar-refractivity contribution >= 4 is 17.6 Å². The second kappa shape index (κ2) is 8.49. The van der Waals surface area contributed by atoms with Crippen molar-refractivity contribution in [2.24, 2.45) is 0 Å². The Labute approximate surface area is 151 Å². The Morgan fingerprint density at radius 3 is 2.36 bits per heavy atom. The fourth-order valence-corrected chi connectivity index (χ4v) is 2.65. The predicted octanol–water partition coefficient (Wildman–Crippen LogP) is 3.98. The van der Waals surface area contributed by atoms with E-state index in [0.29, 0.717) is 18.1 Å². The van der Waals surface area contributed by atoms with Crippen LogP contribution in [0.1, 0.15) is 22.4 Å². The van der Waals surface area contributed by atoms with Crippen LogP contribution in [0.5, 0.6) is 0 Å². The summed E-state index contributed by atoms with van der Waals surface area (Å²) in [6.45, 7) is 0.380. The molecule has 0 saturated carbocycles.